The van der Waals surface area contributed by atoms with Crippen LogP contribution in [0.1, 0.15) is 75.8 Å². The molecule has 37 heavy (non-hydrogen) atoms. The predicted octanol–water partition coefficient (Wildman–Crippen LogP) is 1.32. The first-order valence-electron chi connectivity index (χ1n) is 12.1. The van der Waals surface area contributed by atoms with Crippen molar-refractivity contribution in [2.24, 2.45) is 5.73 Å². The molecule has 10 nitrogen and oxygen atoms in total. The summed E-state index contributed by atoms with van der Waals surface area (Å²) in [5.74, 6) is -1.85. The van der Waals surface area contributed by atoms with Gasteiger partial charge in [-0.3, -0.25) is 14.4 Å². The molecule has 0 spiro atoms. The van der Waals surface area contributed by atoms with Crippen LogP contribution in [0.5, 0.6) is 11.5 Å². The van der Waals surface area contributed by atoms with Crippen molar-refractivity contribution in [3.8, 4) is 11.5 Å². The molecule has 196 valence electrons. The molecular weight excluding hydrogens is 482 g/mol. The average molecular weight is 512 g/mol. The number of aliphatic hydroxyl groups is 2. The summed E-state index contributed by atoms with van der Waals surface area (Å²) in [5.41, 5.74) is 4.63. The fraction of sp³-hybridized carbons (Fsp3) is 0.444. The lowest BCUT2D eigenvalue weighted by Gasteiger charge is -2.41. The van der Waals surface area contributed by atoms with Gasteiger partial charge in [-0.25, -0.2) is 0 Å². The van der Waals surface area contributed by atoms with Crippen LogP contribution in [-0.2, 0) is 20.7 Å². The fourth-order valence-electron chi connectivity index (χ4n) is 5.53. The molecule has 5 N–H and O–H groups in total. The van der Waals surface area contributed by atoms with Gasteiger partial charge < -0.3 is 35.3 Å². The van der Waals surface area contributed by atoms with Gasteiger partial charge in [0, 0.05) is 42.0 Å². The second-order valence-electron chi connectivity index (χ2n) is 10.0. The molecule has 5 rings (SSSR count). The fourth-order valence-corrected chi connectivity index (χ4v) is 5.53. The zero-order valence-electron chi connectivity index (χ0n) is 20.7. The number of aliphatic hydroxyl groups excluding tert-OH is 1. The molecule has 6 atom stereocenters. The van der Waals surface area contributed by atoms with E-state index in [4.69, 9.17) is 19.9 Å². The van der Waals surface area contributed by atoms with Crippen LogP contribution in [0.15, 0.2) is 24.3 Å². The van der Waals surface area contributed by atoms with Crippen molar-refractivity contribution in [2.45, 2.75) is 69.4 Å². The number of carbonyl (C=O) groups excluding carboxylic acids is 3. The summed E-state index contributed by atoms with van der Waals surface area (Å²) < 4.78 is 17.2. The first-order chi connectivity index (χ1) is 17.5. The van der Waals surface area contributed by atoms with Crippen molar-refractivity contribution in [3.05, 3.63) is 57.6 Å². The van der Waals surface area contributed by atoms with Crippen LogP contribution in [0.2, 0.25) is 0 Å². The smallest absolute Gasteiger partial charge is 0.198 e. The Balaban J connectivity index is 1.63. The predicted molar refractivity (Wildman–Crippen MR) is 129 cm³/mol. The van der Waals surface area contributed by atoms with Crippen LogP contribution >= 0.6 is 0 Å². The minimum atomic E-state index is -1.88. The highest BCUT2D eigenvalue weighted by molar-refractivity contribution is 6.30. The third-order valence-electron chi connectivity index (χ3n) is 7.69. The Bertz CT molecular complexity index is 1310. The second-order valence-corrected chi connectivity index (χ2v) is 10.0. The number of rotatable bonds is 4. The molecule has 0 radical (unpaired) electrons. The third-order valence-corrected chi connectivity index (χ3v) is 7.69. The van der Waals surface area contributed by atoms with Crippen LogP contribution in [0, 0.1) is 0 Å². The average Bonchev–Trinajstić information content (AvgIpc) is 2.85. The molecule has 10 heteroatoms. The van der Waals surface area contributed by atoms with E-state index in [0.29, 0.717) is 5.56 Å². The lowest BCUT2D eigenvalue weighted by molar-refractivity contribution is -0.247. The van der Waals surface area contributed by atoms with Crippen molar-refractivity contribution in [2.75, 3.05) is 7.11 Å². The van der Waals surface area contributed by atoms with E-state index in [1.807, 2.05) is 0 Å². The highest BCUT2D eigenvalue weighted by Gasteiger charge is 2.47. The lowest BCUT2D eigenvalue weighted by Crippen LogP contribution is -2.52. The van der Waals surface area contributed by atoms with Gasteiger partial charge in [-0.05, 0) is 31.5 Å². The Kier molecular flexibility index (Phi) is 6.20. The third kappa shape index (κ3) is 3.96. The molecule has 0 aromatic heterocycles. The molecule has 1 aliphatic heterocycles. The Morgan fingerprint density at radius 3 is 2.54 bits per heavy atom. The van der Waals surface area contributed by atoms with Gasteiger partial charge in [0.1, 0.15) is 17.1 Å². The zero-order chi connectivity index (χ0) is 26.8. The number of benzene rings is 2. The summed E-state index contributed by atoms with van der Waals surface area (Å²) in [6.07, 6.45) is -3.64. The number of hydrogen-bond acceptors (Lipinski definition) is 10. The van der Waals surface area contributed by atoms with Crippen LogP contribution in [0.25, 0.3) is 0 Å². The topological polar surface area (TPSA) is 166 Å². The minimum absolute atomic E-state index is 0.0230. The van der Waals surface area contributed by atoms with E-state index < -0.39 is 59.3 Å². The summed E-state index contributed by atoms with van der Waals surface area (Å²) in [7, 11) is 1.40. The largest absolute Gasteiger partial charge is 0.507 e. The van der Waals surface area contributed by atoms with E-state index in [1.54, 1.807) is 19.1 Å². The van der Waals surface area contributed by atoms with Crippen molar-refractivity contribution in [3.63, 3.8) is 0 Å². The standard InChI is InChI=1S/C27H29NO9/c1-11-23(30)17(28)8-20(36-11)37-19-10-27(34,12(2)29)9-16-14(19)7-15-22(26(16)33)24(31)13-5-4-6-18(35-3)21(13)25(15)32/h4-7,11,17,19-20,23,30,33-34H,8-10,28H2,1-3H3/t11-,17+,19+,20+,23-,27-/m0/s1. The van der Waals surface area contributed by atoms with Gasteiger partial charge in [-0.2, -0.15) is 0 Å². The summed E-state index contributed by atoms with van der Waals surface area (Å²) in [5, 5.41) is 32.6. The molecule has 0 unspecified atom stereocenters. The van der Waals surface area contributed by atoms with E-state index in [9.17, 15) is 29.7 Å². The number of Topliss-reactive ketones (excluding diaryl/α,β-unsaturated/α-hetero) is 1. The lowest BCUT2D eigenvalue weighted by atomic mass is 9.72. The van der Waals surface area contributed by atoms with Crippen LogP contribution in [0.4, 0.5) is 0 Å². The number of phenols is 1. The van der Waals surface area contributed by atoms with Crippen LogP contribution in [0.3, 0.4) is 0 Å². The zero-order valence-corrected chi connectivity index (χ0v) is 20.7. The van der Waals surface area contributed by atoms with Crippen molar-refractivity contribution in [1.29, 1.82) is 0 Å². The van der Waals surface area contributed by atoms with E-state index in [-0.39, 0.29) is 52.8 Å². The normalized spacial score (nSPS) is 30.8. The van der Waals surface area contributed by atoms with E-state index in [0.717, 1.165) is 0 Å². The van der Waals surface area contributed by atoms with Crippen molar-refractivity contribution >= 4 is 17.3 Å². The maximum absolute atomic E-state index is 13.6. The molecule has 2 aromatic carbocycles. The van der Waals surface area contributed by atoms with Gasteiger partial charge in [0.25, 0.3) is 0 Å². The summed E-state index contributed by atoms with van der Waals surface area (Å²) >= 11 is 0. The second kappa shape index (κ2) is 9.00. The molecule has 1 saturated heterocycles. The van der Waals surface area contributed by atoms with Gasteiger partial charge in [-0.1, -0.05) is 12.1 Å². The summed E-state index contributed by atoms with van der Waals surface area (Å²) in [6.45, 7) is 2.89. The highest BCUT2D eigenvalue weighted by Crippen LogP contribution is 2.48. The molecule has 1 heterocycles. The van der Waals surface area contributed by atoms with Crippen LogP contribution < -0.4 is 10.5 Å². The Morgan fingerprint density at radius 1 is 1.19 bits per heavy atom. The number of aromatic hydroxyl groups is 1. The number of ether oxygens (including phenoxy) is 3. The highest BCUT2D eigenvalue weighted by atomic mass is 16.7. The van der Waals surface area contributed by atoms with Gasteiger partial charge in [0.05, 0.1) is 36.5 Å². The molecule has 0 bridgehead atoms. The monoisotopic (exact) mass is 511 g/mol. The Hall–Kier alpha value is -3.15. The van der Waals surface area contributed by atoms with Crippen molar-refractivity contribution in [1.82, 2.24) is 0 Å². The van der Waals surface area contributed by atoms with Gasteiger partial charge in [0.2, 0.25) is 0 Å². The maximum Gasteiger partial charge on any atom is 0.198 e. The van der Waals surface area contributed by atoms with Gasteiger partial charge in [0.15, 0.2) is 23.6 Å². The molecule has 3 aliphatic rings. The quantitative estimate of drug-likeness (QED) is 0.401. The molecule has 2 aromatic rings. The Morgan fingerprint density at radius 2 is 1.89 bits per heavy atom. The number of carbonyl (C=O) groups is 3. The first-order valence-corrected chi connectivity index (χ1v) is 12.1. The molecule has 1 fully saturated rings. The SMILES string of the molecule is COc1cccc2c1C(=O)c1cc3c(c(O)c1C2=O)C[C@@](O)(C(C)=O)C[C@H]3O[C@@H]1C[C@@H](N)[C@@H](O)[C@H](C)O1. The Labute approximate surface area is 212 Å². The van der Waals surface area contributed by atoms with E-state index in [1.165, 1.54) is 26.2 Å². The number of hydrogen-bond donors (Lipinski definition) is 4. The van der Waals surface area contributed by atoms with Gasteiger partial charge >= 0.3 is 0 Å². The van der Waals surface area contributed by atoms with E-state index >= 15 is 0 Å². The van der Waals surface area contributed by atoms with Crippen molar-refractivity contribution < 1.29 is 43.9 Å². The summed E-state index contributed by atoms with van der Waals surface area (Å²) in [4.78, 5) is 39.5. The molecule has 2 aliphatic carbocycles. The molecule has 0 saturated carbocycles. The first kappa shape index (κ1) is 25.5. The molecular formula is C27H29NO9. The van der Waals surface area contributed by atoms with Gasteiger partial charge in [-0.15, -0.1) is 0 Å². The van der Waals surface area contributed by atoms with Crippen LogP contribution in [-0.4, -0.2) is 69.9 Å². The number of methoxy groups -OCH3 is 1. The van der Waals surface area contributed by atoms with E-state index in [2.05, 4.69) is 0 Å². The number of phenolic OH excluding ortho intramolecular Hbond substituents is 1. The number of ketones is 3. The summed E-state index contributed by atoms with van der Waals surface area (Å²) in [6, 6.07) is 5.49. The molecule has 0 amide bonds. The number of nitrogens with two attached hydrogens (primary N) is 1. The minimum Gasteiger partial charge on any atom is -0.507 e. The number of fused-ring (bicyclic) bond motifs is 3. The maximum atomic E-state index is 13.6.